The lowest BCUT2D eigenvalue weighted by Gasteiger charge is -2.36. The minimum Gasteiger partial charge on any atom is -0.369 e. The first kappa shape index (κ1) is 12.4. The Hall–Kier alpha value is -1.06. The quantitative estimate of drug-likeness (QED) is 0.854. The molecule has 0 aliphatic carbocycles. The number of rotatable bonds is 4. The van der Waals surface area contributed by atoms with Crippen LogP contribution in [0.3, 0.4) is 0 Å². The average molecular weight is 233 g/mol. The molecule has 17 heavy (non-hydrogen) atoms. The summed E-state index contributed by atoms with van der Waals surface area (Å²) in [5.41, 5.74) is 8.25. The van der Waals surface area contributed by atoms with Gasteiger partial charge in [-0.05, 0) is 44.1 Å². The van der Waals surface area contributed by atoms with Gasteiger partial charge in [0.1, 0.15) is 0 Å². The smallest absolute Gasteiger partial charge is 0.0369 e. The minimum absolute atomic E-state index is 0.804. The lowest BCUT2D eigenvalue weighted by atomic mass is 10.2. The molecule has 0 spiro atoms. The van der Waals surface area contributed by atoms with Gasteiger partial charge in [-0.25, -0.2) is 0 Å². The fraction of sp³-hybridized carbons (Fsp3) is 0.571. The van der Waals surface area contributed by atoms with E-state index in [1.165, 1.54) is 11.3 Å². The summed E-state index contributed by atoms with van der Waals surface area (Å²) in [6.45, 7) is 8.70. The Morgan fingerprint density at radius 1 is 1.18 bits per heavy atom. The van der Waals surface area contributed by atoms with Crippen LogP contribution in [0.4, 0.5) is 5.69 Å². The van der Waals surface area contributed by atoms with E-state index in [2.05, 4.69) is 41.0 Å². The van der Waals surface area contributed by atoms with E-state index in [1.807, 2.05) is 0 Å². The predicted octanol–water partition coefficient (Wildman–Crippen LogP) is 1.47. The number of hydrogen-bond acceptors (Lipinski definition) is 3. The summed E-state index contributed by atoms with van der Waals surface area (Å²) in [5.74, 6) is 0. The second-order valence-electron chi connectivity index (χ2n) is 4.81. The van der Waals surface area contributed by atoms with E-state index in [4.69, 9.17) is 5.73 Å². The zero-order valence-corrected chi connectivity index (χ0v) is 10.7. The van der Waals surface area contributed by atoms with E-state index in [0.29, 0.717) is 0 Å². The van der Waals surface area contributed by atoms with Gasteiger partial charge in [-0.2, -0.15) is 0 Å². The molecule has 1 saturated heterocycles. The molecular weight excluding hydrogens is 210 g/mol. The summed E-state index contributed by atoms with van der Waals surface area (Å²) in [6, 6.07) is 8.78. The van der Waals surface area contributed by atoms with Crippen LogP contribution in [-0.2, 0) is 0 Å². The van der Waals surface area contributed by atoms with E-state index in [-0.39, 0.29) is 0 Å². The van der Waals surface area contributed by atoms with Gasteiger partial charge in [0, 0.05) is 31.9 Å². The third-order valence-electron chi connectivity index (χ3n) is 3.42. The third kappa shape index (κ3) is 3.45. The molecule has 3 nitrogen and oxygen atoms in total. The van der Waals surface area contributed by atoms with Crippen molar-refractivity contribution in [1.82, 2.24) is 4.90 Å². The van der Waals surface area contributed by atoms with Crippen LogP contribution in [0.5, 0.6) is 0 Å². The monoisotopic (exact) mass is 233 g/mol. The summed E-state index contributed by atoms with van der Waals surface area (Å²) in [4.78, 5) is 4.99. The molecule has 0 amide bonds. The van der Waals surface area contributed by atoms with E-state index in [1.54, 1.807) is 0 Å². The van der Waals surface area contributed by atoms with Crippen molar-refractivity contribution in [2.45, 2.75) is 13.3 Å². The summed E-state index contributed by atoms with van der Waals surface area (Å²) < 4.78 is 0. The van der Waals surface area contributed by atoms with Crippen LogP contribution in [-0.4, -0.2) is 44.2 Å². The van der Waals surface area contributed by atoms with Gasteiger partial charge in [0.05, 0.1) is 0 Å². The number of anilines is 1. The Bertz CT molecular complexity index is 343. The van der Waals surface area contributed by atoms with Crippen LogP contribution in [0, 0.1) is 6.92 Å². The lowest BCUT2D eigenvalue weighted by Crippen LogP contribution is -2.46. The Morgan fingerprint density at radius 2 is 1.94 bits per heavy atom. The normalized spacial score (nSPS) is 17.4. The van der Waals surface area contributed by atoms with Crippen molar-refractivity contribution in [2.75, 3.05) is 44.2 Å². The Kier molecular flexibility index (Phi) is 4.40. The molecular formula is C14H23N3. The highest BCUT2D eigenvalue weighted by Gasteiger charge is 2.16. The topological polar surface area (TPSA) is 32.5 Å². The highest BCUT2D eigenvalue weighted by Crippen LogP contribution is 2.17. The second-order valence-corrected chi connectivity index (χ2v) is 4.81. The van der Waals surface area contributed by atoms with Gasteiger partial charge in [0.25, 0.3) is 0 Å². The molecule has 1 aliphatic heterocycles. The first-order valence-electron chi connectivity index (χ1n) is 6.53. The molecule has 0 atom stereocenters. The lowest BCUT2D eigenvalue weighted by molar-refractivity contribution is 0.256. The minimum atomic E-state index is 0.804. The zero-order chi connectivity index (χ0) is 12.1. The maximum absolute atomic E-state index is 5.54. The highest BCUT2D eigenvalue weighted by atomic mass is 15.3. The van der Waals surface area contributed by atoms with Gasteiger partial charge in [-0.1, -0.05) is 12.1 Å². The van der Waals surface area contributed by atoms with Crippen molar-refractivity contribution in [3.63, 3.8) is 0 Å². The summed E-state index contributed by atoms with van der Waals surface area (Å²) in [6.07, 6.45) is 1.12. The van der Waals surface area contributed by atoms with Crippen molar-refractivity contribution in [1.29, 1.82) is 0 Å². The standard InChI is InChI=1S/C14H23N3/c1-13-4-2-5-14(12-13)17-10-8-16(9-11-17)7-3-6-15/h2,4-5,12H,3,6-11,15H2,1H3. The Morgan fingerprint density at radius 3 is 2.59 bits per heavy atom. The SMILES string of the molecule is Cc1cccc(N2CCN(CCCN)CC2)c1. The molecule has 0 bridgehead atoms. The first-order chi connectivity index (χ1) is 8.29. The Labute approximate surface area is 104 Å². The molecule has 1 aromatic rings. The zero-order valence-electron chi connectivity index (χ0n) is 10.7. The van der Waals surface area contributed by atoms with Gasteiger partial charge in [-0.3, -0.25) is 4.90 Å². The molecule has 94 valence electrons. The van der Waals surface area contributed by atoms with E-state index >= 15 is 0 Å². The number of nitrogens with two attached hydrogens (primary N) is 1. The summed E-state index contributed by atoms with van der Waals surface area (Å²) in [5, 5.41) is 0. The first-order valence-corrected chi connectivity index (χ1v) is 6.53. The van der Waals surface area contributed by atoms with Crippen molar-refractivity contribution in [3.05, 3.63) is 29.8 Å². The van der Waals surface area contributed by atoms with E-state index in [0.717, 1.165) is 45.7 Å². The van der Waals surface area contributed by atoms with Crippen LogP contribution in [0.1, 0.15) is 12.0 Å². The van der Waals surface area contributed by atoms with Crippen molar-refractivity contribution < 1.29 is 0 Å². The van der Waals surface area contributed by atoms with Crippen molar-refractivity contribution >= 4 is 5.69 Å². The number of piperazine rings is 1. The molecule has 0 aromatic heterocycles. The molecule has 2 rings (SSSR count). The van der Waals surface area contributed by atoms with Crippen LogP contribution in [0.15, 0.2) is 24.3 Å². The molecule has 1 heterocycles. The summed E-state index contributed by atoms with van der Waals surface area (Å²) >= 11 is 0. The molecule has 3 heteroatoms. The average Bonchev–Trinajstić information content (AvgIpc) is 2.37. The number of benzene rings is 1. The Balaban J connectivity index is 1.86. The molecule has 1 aromatic carbocycles. The maximum atomic E-state index is 5.54. The van der Waals surface area contributed by atoms with Gasteiger partial charge < -0.3 is 10.6 Å². The number of nitrogens with zero attached hydrogens (tertiary/aromatic N) is 2. The molecule has 0 saturated carbocycles. The molecule has 2 N–H and O–H groups in total. The van der Waals surface area contributed by atoms with E-state index in [9.17, 15) is 0 Å². The second kappa shape index (κ2) is 6.03. The fourth-order valence-electron chi connectivity index (χ4n) is 2.37. The van der Waals surface area contributed by atoms with Crippen LogP contribution >= 0.6 is 0 Å². The van der Waals surface area contributed by atoms with Gasteiger partial charge in [-0.15, -0.1) is 0 Å². The molecule has 0 radical (unpaired) electrons. The van der Waals surface area contributed by atoms with Crippen molar-refractivity contribution in [3.8, 4) is 0 Å². The van der Waals surface area contributed by atoms with Crippen LogP contribution in [0.25, 0.3) is 0 Å². The number of hydrogen-bond donors (Lipinski definition) is 1. The fourth-order valence-corrected chi connectivity index (χ4v) is 2.37. The van der Waals surface area contributed by atoms with Crippen LogP contribution < -0.4 is 10.6 Å². The van der Waals surface area contributed by atoms with Crippen molar-refractivity contribution in [2.24, 2.45) is 5.73 Å². The summed E-state index contributed by atoms with van der Waals surface area (Å²) in [7, 11) is 0. The van der Waals surface area contributed by atoms with Gasteiger partial charge in [0.2, 0.25) is 0 Å². The largest absolute Gasteiger partial charge is 0.369 e. The van der Waals surface area contributed by atoms with E-state index < -0.39 is 0 Å². The van der Waals surface area contributed by atoms with Gasteiger partial charge >= 0.3 is 0 Å². The predicted molar refractivity (Wildman–Crippen MR) is 73.5 cm³/mol. The van der Waals surface area contributed by atoms with Crippen LogP contribution in [0.2, 0.25) is 0 Å². The highest BCUT2D eigenvalue weighted by molar-refractivity contribution is 5.48. The third-order valence-corrected chi connectivity index (χ3v) is 3.42. The maximum Gasteiger partial charge on any atom is 0.0369 e. The molecule has 0 unspecified atom stereocenters. The van der Waals surface area contributed by atoms with Gasteiger partial charge in [0.15, 0.2) is 0 Å². The number of aryl methyl sites for hydroxylation is 1. The molecule has 1 aliphatic rings. The molecule has 1 fully saturated rings.